The SMILES string of the molecule is CN(CC1CCN(C(=O)OC(C)(C)C)CC1)S(=O)(=O)CCc1ccccc1. The Morgan fingerprint density at radius 3 is 2.33 bits per heavy atom. The molecule has 1 amide bonds. The summed E-state index contributed by atoms with van der Waals surface area (Å²) in [5.41, 5.74) is 0.529. The van der Waals surface area contributed by atoms with Crippen molar-refractivity contribution in [1.82, 2.24) is 9.21 Å². The molecule has 7 heteroatoms. The fraction of sp³-hybridized carbons (Fsp3) is 0.650. The number of hydrogen-bond donors (Lipinski definition) is 0. The summed E-state index contributed by atoms with van der Waals surface area (Å²) in [6.45, 7) is 7.28. The number of sulfonamides is 1. The van der Waals surface area contributed by atoms with Gasteiger partial charge in [-0.3, -0.25) is 0 Å². The number of ether oxygens (including phenoxy) is 1. The summed E-state index contributed by atoms with van der Waals surface area (Å²) < 4.78 is 32.0. The highest BCUT2D eigenvalue weighted by atomic mass is 32.2. The predicted molar refractivity (Wildman–Crippen MR) is 107 cm³/mol. The molecule has 0 aromatic heterocycles. The lowest BCUT2D eigenvalue weighted by Gasteiger charge is -2.34. The van der Waals surface area contributed by atoms with E-state index < -0.39 is 15.6 Å². The monoisotopic (exact) mass is 396 g/mol. The largest absolute Gasteiger partial charge is 0.444 e. The maximum Gasteiger partial charge on any atom is 0.410 e. The standard InChI is InChI=1S/C20H32N2O4S/c1-20(2,3)26-19(23)22-13-10-18(11-14-22)16-21(4)27(24,25)15-12-17-8-6-5-7-9-17/h5-9,18H,10-16H2,1-4H3. The molecule has 0 N–H and O–H groups in total. The van der Waals surface area contributed by atoms with E-state index in [1.165, 1.54) is 4.31 Å². The zero-order valence-corrected chi connectivity index (χ0v) is 17.7. The minimum absolute atomic E-state index is 0.115. The second-order valence-electron chi connectivity index (χ2n) is 8.24. The van der Waals surface area contributed by atoms with E-state index in [-0.39, 0.29) is 17.8 Å². The van der Waals surface area contributed by atoms with Gasteiger partial charge in [-0.2, -0.15) is 0 Å². The molecule has 0 unspecified atom stereocenters. The van der Waals surface area contributed by atoms with Gasteiger partial charge < -0.3 is 9.64 Å². The molecule has 1 aromatic carbocycles. The summed E-state index contributed by atoms with van der Waals surface area (Å²) in [4.78, 5) is 13.8. The number of hydrogen-bond acceptors (Lipinski definition) is 4. The van der Waals surface area contributed by atoms with Gasteiger partial charge >= 0.3 is 6.09 Å². The number of amides is 1. The van der Waals surface area contributed by atoms with Gasteiger partial charge in [0.15, 0.2) is 0 Å². The summed E-state index contributed by atoms with van der Waals surface area (Å²) in [5.74, 6) is 0.379. The maximum atomic E-state index is 12.5. The van der Waals surface area contributed by atoms with E-state index in [1.54, 1.807) is 11.9 Å². The average Bonchev–Trinajstić information content (AvgIpc) is 2.60. The first kappa shape index (κ1) is 21.7. The summed E-state index contributed by atoms with van der Waals surface area (Å²) in [6, 6.07) is 9.66. The summed E-state index contributed by atoms with van der Waals surface area (Å²) in [6.07, 6.45) is 1.81. The van der Waals surface area contributed by atoms with E-state index in [1.807, 2.05) is 51.1 Å². The second-order valence-corrected chi connectivity index (χ2v) is 10.4. The van der Waals surface area contributed by atoms with E-state index in [9.17, 15) is 13.2 Å². The zero-order chi connectivity index (χ0) is 20.1. The molecule has 0 aliphatic carbocycles. The topological polar surface area (TPSA) is 66.9 Å². The number of likely N-dealkylation sites (tertiary alicyclic amines) is 1. The van der Waals surface area contributed by atoms with Crippen molar-refractivity contribution in [3.05, 3.63) is 35.9 Å². The fourth-order valence-electron chi connectivity index (χ4n) is 3.15. The van der Waals surface area contributed by atoms with Crippen LogP contribution in [0.5, 0.6) is 0 Å². The summed E-state index contributed by atoms with van der Waals surface area (Å²) in [7, 11) is -1.63. The van der Waals surface area contributed by atoms with Gasteiger partial charge in [-0.25, -0.2) is 17.5 Å². The number of carbonyl (C=O) groups is 1. The highest BCUT2D eigenvalue weighted by Gasteiger charge is 2.29. The van der Waals surface area contributed by atoms with E-state index >= 15 is 0 Å². The molecule has 1 saturated heterocycles. The van der Waals surface area contributed by atoms with Crippen LogP contribution in [0.3, 0.4) is 0 Å². The van der Waals surface area contributed by atoms with Crippen molar-refractivity contribution in [3.63, 3.8) is 0 Å². The van der Waals surface area contributed by atoms with Crippen LogP contribution in [-0.4, -0.2) is 61.8 Å². The van der Waals surface area contributed by atoms with Crippen LogP contribution in [0, 0.1) is 5.92 Å². The molecule has 0 bridgehead atoms. The molecule has 0 saturated carbocycles. The first-order chi connectivity index (χ1) is 12.6. The van der Waals surface area contributed by atoms with Gasteiger partial charge in [-0.1, -0.05) is 30.3 Å². The van der Waals surface area contributed by atoms with Crippen molar-refractivity contribution in [2.24, 2.45) is 5.92 Å². The van der Waals surface area contributed by atoms with E-state index in [0.29, 0.717) is 26.1 Å². The predicted octanol–water partition coefficient (Wildman–Crippen LogP) is 3.14. The number of piperidine rings is 1. The Balaban J connectivity index is 1.79. The second kappa shape index (κ2) is 9.06. The number of benzene rings is 1. The molecule has 1 aliphatic heterocycles. The van der Waals surface area contributed by atoms with Gasteiger partial charge in [-0.15, -0.1) is 0 Å². The molecule has 1 heterocycles. The van der Waals surface area contributed by atoms with Crippen LogP contribution in [0.25, 0.3) is 0 Å². The Morgan fingerprint density at radius 2 is 1.78 bits per heavy atom. The van der Waals surface area contributed by atoms with Crippen molar-refractivity contribution in [2.75, 3.05) is 32.4 Å². The number of aryl methyl sites for hydroxylation is 1. The molecular formula is C20H32N2O4S. The lowest BCUT2D eigenvalue weighted by Crippen LogP contribution is -2.44. The molecule has 0 radical (unpaired) electrons. The number of carbonyl (C=O) groups excluding carboxylic acids is 1. The molecule has 1 aliphatic rings. The van der Waals surface area contributed by atoms with Crippen molar-refractivity contribution >= 4 is 16.1 Å². The van der Waals surface area contributed by atoms with Crippen LogP contribution in [0.2, 0.25) is 0 Å². The molecular weight excluding hydrogens is 364 g/mol. The van der Waals surface area contributed by atoms with Crippen molar-refractivity contribution in [1.29, 1.82) is 0 Å². The first-order valence-electron chi connectivity index (χ1n) is 9.53. The minimum Gasteiger partial charge on any atom is -0.444 e. The summed E-state index contributed by atoms with van der Waals surface area (Å²) >= 11 is 0. The normalized spacial score (nSPS) is 16.6. The van der Waals surface area contributed by atoms with Gasteiger partial charge in [0.05, 0.1) is 5.75 Å². The third-order valence-corrected chi connectivity index (χ3v) is 6.57. The highest BCUT2D eigenvalue weighted by molar-refractivity contribution is 7.89. The van der Waals surface area contributed by atoms with Crippen LogP contribution in [0.4, 0.5) is 4.79 Å². The lowest BCUT2D eigenvalue weighted by molar-refractivity contribution is 0.0179. The Kier molecular flexibility index (Phi) is 7.28. The number of nitrogens with zero attached hydrogens (tertiary/aromatic N) is 2. The van der Waals surface area contributed by atoms with Gasteiger partial charge in [0.25, 0.3) is 0 Å². The Bertz CT molecular complexity index is 705. The van der Waals surface area contributed by atoms with Crippen molar-refractivity contribution < 1.29 is 17.9 Å². The molecule has 1 aromatic rings. The summed E-state index contributed by atoms with van der Waals surface area (Å²) in [5, 5.41) is 0. The van der Waals surface area contributed by atoms with E-state index in [2.05, 4.69) is 0 Å². The lowest BCUT2D eigenvalue weighted by atomic mass is 9.97. The highest BCUT2D eigenvalue weighted by Crippen LogP contribution is 2.21. The molecule has 2 rings (SSSR count). The van der Waals surface area contributed by atoms with Crippen LogP contribution in [0.1, 0.15) is 39.2 Å². The molecule has 0 spiro atoms. The fourth-order valence-corrected chi connectivity index (χ4v) is 4.39. The number of rotatable bonds is 6. The van der Waals surface area contributed by atoms with Gasteiger partial charge in [0.2, 0.25) is 10.0 Å². The molecule has 152 valence electrons. The van der Waals surface area contributed by atoms with Crippen molar-refractivity contribution in [2.45, 2.75) is 45.6 Å². The Labute approximate surface area is 163 Å². The average molecular weight is 397 g/mol. The molecule has 1 fully saturated rings. The quantitative estimate of drug-likeness (QED) is 0.741. The smallest absolute Gasteiger partial charge is 0.410 e. The first-order valence-corrected chi connectivity index (χ1v) is 11.1. The van der Waals surface area contributed by atoms with Crippen LogP contribution < -0.4 is 0 Å². The van der Waals surface area contributed by atoms with E-state index in [0.717, 1.165) is 18.4 Å². The molecule has 6 nitrogen and oxygen atoms in total. The van der Waals surface area contributed by atoms with Crippen LogP contribution >= 0.6 is 0 Å². The zero-order valence-electron chi connectivity index (χ0n) is 16.8. The van der Waals surface area contributed by atoms with Crippen LogP contribution in [0.15, 0.2) is 30.3 Å². The minimum atomic E-state index is -3.28. The third-order valence-electron chi connectivity index (χ3n) is 4.75. The van der Waals surface area contributed by atoms with Crippen LogP contribution in [-0.2, 0) is 21.2 Å². The van der Waals surface area contributed by atoms with Gasteiger partial charge in [-0.05, 0) is 51.5 Å². The van der Waals surface area contributed by atoms with Gasteiger partial charge in [0.1, 0.15) is 5.60 Å². The van der Waals surface area contributed by atoms with Crippen molar-refractivity contribution in [3.8, 4) is 0 Å². The molecule has 27 heavy (non-hydrogen) atoms. The van der Waals surface area contributed by atoms with E-state index in [4.69, 9.17) is 4.74 Å². The Morgan fingerprint density at radius 1 is 1.19 bits per heavy atom. The Hall–Kier alpha value is -1.60. The maximum absolute atomic E-state index is 12.5. The molecule has 0 atom stereocenters. The van der Waals surface area contributed by atoms with Gasteiger partial charge in [0, 0.05) is 26.7 Å². The third kappa shape index (κ3) is 7.14.